The van der Waals surface area contributed by atoms with E-state index in [0.29, 0.717) is 0 Å². The summed E-state index contributed by atoms with van der Waals surface area (Å²) in [6.07, 6.45) is 0. The lowest BCUT2D eigenvalue weighted by atomic mass is 10.2. The predicted octanol–water partition coefficient (Wildman–Crippen LogP) is 4.08. The fraction of sp³-hybridized carbons (Fsp3) is 0.200. The first kappa shape index (κ1) is 12.1. The van der Waals surface area contributed by atoms with Crippen molar-refractivity contribution in [3.8, 4) is 0 Å². The fourth-order valence-corrected chi connectivity index (χ4v) is 3.10. The van der Waals surface area contributed by atoms with Gasteiger partial charge in [0.1, 0.15) is 5.82 Å². The molecule has 2 heterocycles. The molecule has 0 atom stereocenters. The maximum Gasteiger partial charge on any atom is 0.154 e. The standard InChI is InChI=1S/C15H15N3S/c1-10-6-4-5-7-13(10)18(3)15-14-12(8-9-19-14)16-11(2)17-15/h4-9H,1-3H3. The van der Waals surface area contributed by atoms with Crippen molar-refractivity contribution in [2.45, 2.75) is 13.8 Å². The summed E-state index contributed by atoms with van der Waals surface area (Å²) < 4.78 is 1.14. The van der Waals surface area contributed by atoms with Crippen LogP contribution in [0.3, 0.4) is 0 Å². The number of hydrogen-bond donors (Lipinski definition) is 0. The number of anilines is 2. The van der Waals surface area contributed by atoms with Gasteiger partial charge in [0.2, 0.25) is 0 Å². The largest absolute Gasteiger partial charge is 0.328 e. The van der Waals surface area contributed by atoms with E-state index in [-0.39, 0.29) is 0 Å². The van der Waals surface area contributed by atoms with Gasteiger partial charge in [-0.05, 0) is 36.9 Å². The number of rotatable bonds is 2. The SMILES string of the molecule is Cc1nc(N(C)c2ccccc2C)c2sccc2n1. The Balaban J connectivity index is 2.19. The monoisotopic (exact) mass is 269 g/mol. The van der Waals surface area contributed by atoms with Gasteiger partial charge in [-0.3, -0.25) is 0 Å². The first-order chi connectivity index (χ1) is 9.16. The Hall–Kier alpha value is -1.94. The highest BCUT2D eigenvalue weighted by atomic mass is 32.1. The summed E-state index contributed by atoms with van der Waals surface area (Å²) in [5.74, 6) is 1.79. The number of benzene rings is 1. The number of thiophene rings is 1. The summed E-state index contributed by atoms with van der Waals surface area (Å²) in [5, 5.41) is 2.06. The topological polar surface area (TPSA) is 29.0 Å². The van der Waals surface area contributed by atoms with Gasteiger partial charge in [-0.1, -0.05) is 18.2 Å². The lowest BCUT2D eigenvalue weighted by Gasteiger charge is -2.21. The molecule has 0 N–H and O–H groups in total. The molecule has 0 aliphatic rings. The maximum atomic E-state index is 4.62. The molecule has 0 amide bonds. The van der Waals surface area contributed by atoms with Crippen LogP contribution in [0.1, 0.15) is 11.4 Å². The molecule has 0 spiro atoms. The third-order valence-corrected chi connectivity index (χ3v) is 4.09. The van der Waals surface area contributed by atoms with E-state index in [4.69, 9.17) is 0 Å². The Morgan fingerprint density at radius 2 is 1.84 bits per heavy atom. The van der Waals surface area contributed by atoms with Crippen molar-refractivity contribution < 1.29 is 0 Å². The second-order valence-electron chi connectivity index (χ2n) is 4.57. The normalized spacial score (nSPS) is 10.9. The summed E-state index contributed by atoms with van der Waals surface area (Å²) in [6.45, 7) is 4.05. The van der Waals surface area contributed by atoms with Crippen LogP contribution < -0.4 is 4.90 Å². The van der Waals surface area contributed by atoms with Crippen molar-refractivity contribution >= 4 is 33.1 Å². The Kier molecular flexibility index (Phi) is 2.95. The van der Waals surface area contributed by atoms with E-state index in [9.17, 15) is 0 Å². The van der Waals surface area contributed by atoms with Gasteiger partial charge < -0.3 is 4.90 Å². The average molecular weight is 269 g/mol. The highest BCUT2D eigenvalue weighted by Gasteiger charge is 2.14. The predicted molar refractivity (Wildman–Crippen MR) is 81.4 cm³/mol. The molecule has 96 valence electrons. The van der Waals surface area contributed by atoms with Crippen LogP contribution in [0.25, 0.3) is 10.2 Å². The molecule has 0 aliphatic heterocycles. The van der Waals surface area contributed by atoms with Crippen LogP contribution in [0.2, 0.25) is 0 Å². The van der Waals surface area contributed by atoms with Crippen molar-refractivity contribution in [3.05, 3.63) is 47.1 Å². The summed E-state index contributed by atoms with van der Waals surface area (Å²) >= 11 is 1.68. The van der Waals surface area contributed by atoms with Crippen LogP contribution >= 0.6 is 11.3 Å². The number of nitrogens with zero attached hydrogens (tertiary/aromatic N) is 3. The molecular formula is C15H15N3S. The quantitative estimate of drug-likeness (QED) is 0.702. The van der Waals surface area contributed by atoms with E-state index in [0.717, 1.165) is 21.9 Å². The number of para-hydroxylation sites is 1. The molecule has 0 unspecified atom stereocenters. The lowest BCUT2D eigenvalue weighted by Crippen LogP contribution is -2.13. The van der Waals surface area contributed by atoms with E-state index in [2.05, 4.69) is 58.5 Å². The maximum absolute atomic E-state index is 4.62. The molecule has 19 heavy (non-hydrogen) atoms. The first-order valence-corrected chi connectivity index (χ1v) is 7.06. The highest BCUT2D eigenvalue weighted by molar-refractivity contribution is 7.17. The Morgan fingerprint density at radius 3 is 2.63 bits per heavy atom. The molecule has 1 aromatic carbocycles. The molecule has 2 aromatic heterocycles. The van der Waals surface area contributed by atoms with Crippen molar-refractivity contribution in [1.82, 2.24) is 9.97 Å². The van der Waals surface area contributed by atoms with Crippen LogP contribution in [-0.4, -0.2) is 17.0 Å². The summed E-state index contributed by atoms with van der Waals surface area (Å²) in [4.78, 5) is 11.2. The third kappa shape index (κ3) is 2.08. The minimum Gasteiger partial charge on any atom is -0.328 e. The number of aromatic nitrogens is 2. The minimum atomic E-state index is 0.807. The molecule has 0 fully saturated rings. The van der Waals surface area contributed by atoms with Gasteiger partial charge in [0.25, 0.3) is 0 Å². The second kappa shape index (κ2) is 4.63. The van der Waals surface area contributed by atoms with Gasteiger partial charge in [-0.2, -0.15) is 0 Å². The number of fused-ring (bicyclic) bond motifs is 1. The van der Waals surface area contributed by atoms with Crippen LogP contribution in [0, 0.1) is 13.8 Å². The van der Waals surface area contributed by atoms with Gasteiger partial charge in [-0.15, -0.1) is 11.3 Å². The van der Waals surface area contributed by atoms with Gasteiger partial charge >= 0.3 is 0 Å². The smallest absolute Gasteiger partial charge is 0.154 e. The average Bonchev–Trinajstić information content (AvgIpc) is 2.85. The first-order valence-electron chi connectivity index (χ1n) is 6.18. The Labute approximate surface area is 116 Å². The zero-order chi connectivity index (χ0) is 13.4. The zero-order valence-electron chi connectivity index (χ0n) is 11.2. The van der Waals surface area contributed by atoms with E-state index in [1.807, 2.05) is 13.0 Å². The van der Waals surface area contributed by atoms with Gasteiger partial charge in [0.15, 0.2) is 5.82 Å². The van der Waals surface area contributed by atoms with Gasteiger partial charge in [-0.25, -0.2) is 9.97 Å². The Bertz CT molecular complexity index is 733. The van der Waals surface area contributed by atoms with E-state index in [1.54, 1.807) is 11.3 Å². The summed E-state index contributed by atoms with van der Waals surface area (Å²) in [6, 6.07) is 10.4. The molecule has 0 saturated carbocycles. The van der Waals surface area contributed by atoms with E-state index < -0.39 is 0 Å². The van der Waals surface area contributed by atoms with Crippen LogP contribution in [0.5, 0.6) is 0 Å². The summed E-state index contributed by atoms with van der Waals surface area (Å²) in [7, 11) is 2.06. The molecule has 4 heteroatoms. The van der Waals surface area contributed by atoms with Crippen LogP contribution in [-0.2, 0) is 0 Å². The third-order valence-electron chi connectivity index (χ3n) is 3.19. The highest BCUT2D eigenvalue weighted by Crippen LogP contribution is 2.33. The van der Waals surface area contributed by atoms with Gasteiger partial charge in [0.05, 0.1) is 10.2 Å². The molecule has 0 aliphatic carbocycles. The van der Waals surface area contributed by atoms with Crippen molar-refractivity contribution in [2.75, 3.05) is 11.9 Å². The molecule has 0 radical (unpaired) electrons. The molecule has 0 saturated heterocycles. The van der Waals surface area contributed by atoms with E-state index >= 15 is 0 Å². The molecule has 3 rings (SSSR count). The van der Waals surface area contributed by atoms with Crippen LogP contribution in [0.4, 0.5) is 11.5 Å². The number of hydrogen-bond acceptors (Lipinski definition) is 4. The molecule has 3 nitrogen and oxygen atoms in total. The summed E-state index contributed by atoms with van der Waals surface area (Å²) in [5.41, 5.74) is 3.44. The molecule has 0 bridgehead atoms. The van der Waals surface area contributed by atoms with Crippen molar-refractivity contribution in [1.29, 1.82) is 0 Å². The fourth-order valence-electron chi connectivity index (χ4n) is 2.24. The minimum absolute atomic E-state index is 0.807. The second-order valence-corrected chi connectivity index (χ2v) is 5.49. The Morgan fingerprint density at radius 1 is 1.05 bits per heavy atom. The zero-order valence-corrected chi connectivity index (χ0v) is 12.0. The molecular weight excluding hydrogens is 254 g/mol. The lowest BCUT2D eigenvalue weighted by molar-refractivity contribution is 1.04. The van der Waals surface area contributed by atoms with E-state index in [1.165, 1.54) is 11.3 Å². The molecule has 3 aromatic rings. The van der Waals surface area contributed by atoms with Gasteiger partial charge in [0, 0.05) is 12.7 Å². The van der Waals surface area contributed by atoms with Crippen molar-refractivity contribution in [2.24, 2.45) is 0 Å². The van der Waals surface area contributed by atoms with Crippen molar-refractivity contribution in [3.63, 3.8) is 0 Å². The number of aryl methyl sites for hydroxylation is 2. The van der Waals surface area contributed by atoms with Crippen LogP contribution in [0.15, 0.2) is 35.7 Å².